The standard InChI is InChI=1S/C29H30N4O6S/c1-2-7-24(31-29(36)39-22-13-11-21(12-14-22)20-8-4-3-5-9-20)28(35)32-17-15-25-27(32)26(34)19-33(25)40(37,38)23-10-6-16-30-18-23/h3-6,8-14,16,18,24-25,27H,2,7,15,17,19H2,1H3,(H,31,36). The maximum absolute atomic E-state index is 13.6. The van der Waals surface area contributed by atoms with E-state index in [9.17, 15) is 22.8 Å². The van der Waals surface area contributed by atoms with Crippen molar-refractivity contribution in [3.8, 4) is 16.9 Å². The molecule has 3 aromatic rings. The molecule has 3 heterocycles. The maximum Gasteiger partial charge on any atom is 0.413 e. The van der Waals surface area contributed by atoms with Gasteiger partial charge in [-0.25, -0.2) is 13.2 Å². The summed E-state index contributed by atoms with van der Waals surface area (Å²) in [6.07, 6.45) is 3.18. The molecule has 3 atom stereocenters. The number of pyridine rings is 1. The maximum atomic E-state index is 13.6. The molecule has 0 radical (unpaired) electrons. The van der Waals surface area contributed by atoms with Crippen molar-refractivity contribution in [1.82, 2.24) is 19.5 Å². The molecule has 2 amide bonds. The van der Waals surface area contributed by atoms with E-state index in [2.05, 4.69) is 10.3 Å². The summed E-state index contributed by atoms with van der Waals surface area (Å²) < 4.78 is 33.0. The highest BCUT2D eigenvalue weighted by Gasteiger charge is 2.54. The summed E-state index contributed by atoms with van der Waals surface area (Å²) in [5.74, 6) is -0.456. The molecular weight excluding hydrogens is 532 g/mol. The first-order valence-electron chi connectivity index (χ1n) is 13.2. The van der Waals surface area contributed by atoms with Gasteiger partial charge in [0.25, 0.3) is 0 Å². The van der Waals surface area contributed by atoms with Gasteiger partial charge in [0.2, 0.25) is 15.9 Å². The summed E-state index contributed by atoms with van der Waals surface area (Å²) in [6, 6.07) is 17.3. The van der Waals surface area contributed by atoms with E-state index in [1.54, 1.807) is 12.1 Å². The second-order valence-corrected chi connectivity index (χ2v) is 11.7. The van der Waals surface area contributed by atoms with E-state index in [1.165, 1.54) is 33.7 Å². The van der Waals surface area contributed by atoms with Crippen molar-refractivity contribution in [3.63, 3.8) is 0 Å². The average molecular weight is 563 g/mol. The fraction of sp³-hybridized carbons (Fsp3) is 0.310. The largest absolute Gasteiger partial charge is 0.413 e. The van der Waals surface area contributed by atoms with Crippen molar-refractivity contribution < 1.29 is 27.5 Å². The van der Waals surface area contributed by atoms with Crippen LogP contribution in [-0.2, 0) is 19.6 Å². The summed E-state index contributed by atoms with van der Waals surface area (Å²) in [6.45, 7) is 1.77. The van der Waals surface area contributed by atoms with Crippen molar-refractivity contribution in [2.45, 2.75) is 49.2 Å². The molecule has 3 unspecified atom stereocenters. The Balaban J connectivity index is 1.25. The third-order valence-corrected chi connectivity index (χ3v) is 9.10. The second-order valence-electron chi connectivity index (χ2n) is 9.80. The minimum absolute atomic E-state index is 0.00157. The SMILES string of the molecule is CCCC(NC(=O)Oc1ccc(-c2ccccc2)cc1)C(=O)N1CCC2C1C(=O)CN2S(=O)(=O)c1cccnc1. The number of ether oxygens (including phenoxy) is 1. The molecule has 10 nitrogen and oxygen atoms in total. The first-order chi connectivity index (χ1) is 19.3. The topological polar surface area (TPSA) is 126 Å². The number of sulfonamides is 1. The number of likely N-dealkylation sites (tertiary alicyclic amines) is 1. The van der Waals surface area contributed by atoms with Gasteiger partial charge >= 0.3 is 6.09 Å². The molecule has 2 aromatic carbocycles. The molecule has 11 heteroatoms. The Morgan fingerprint density at radius 2 is 1.77 bits per heavy atom. The quantitative estimate of drug-likeness (QED) is 0.447. The number of carbonyl (C=O) groups excluding carboxylic acids is 3. The number of nitrogens with zero attached hydrogens (tertiary/aromatic N) is 3. The highest BCUT2D eigenvalue weighted by molar-refractivity contribution is 7.89. The molecule has 208 valence electrons. The van der Waals surface area contributed by atoms with Crippen LogP contribution in [0.2, 0.25) is 0 Å². The van der Waals surface area contributed by atoms with Gasteiger partial charge in [0, 0.05) is 18.9 Å². The molecule has 2 aliphatic heterocycles. The van der Waals surface area contributed by atoms with Gasteiger partial charge in [0.05, 0.1) is 12.6 Å². The number of ketones is 1. The molecule has 5 rings (SSSR count). The van der Waals surface area contributed by atoms with Crippen molar-refractivity contribution in [1.29, 1.82) is 0 Å². The Hall–Kier alpha value is -4.09. The number of benzene rings is 2. The minimum atomic E-state index is -3.96. The zero-order valence-electron chi connectivity index (χ0n) is 22.0. The smallest absolute Gasteiger partial charge is 0.410 e. The Morgan fingerprint density at radius 3 is 2.45 bits per heavy atom. The van der Waals surface area contributed by atoms with Crippen LogP contribution in [-0.4, -0.2) is 71.6 Å². The number of hydrogen-bond acceptors (Lipinski definition) is 7. The van der Waals surface area contributed by atoms with E-state index in [0.29, 0.717) is 25.0 Å². The number of hydrogen-bond donors (Lipinski definition) is 1. The van der Waals surface area contributed by atoms with E-state index < -0.39 is 40.1 Å². The van der Waals surface area contributed by atoms with Crippen molar-refractivity contribution in [2.24, 2.45) is 0 Å². The third-order valence-electron chi connectivity index (χ3n) is 7.24. The highest BCUT2D eigenvalue weighted by atomic mass is 32.2. The van der Waals surface area contributed by atoms with E-state index in [1.807, 2.05) is 49.4 Å². The van der Waals surface area contributed by atoms with Crippen LogP contribution in [0.25, 0.3) is 11.1 Å². The zero-order chi connectivity index (χ0) is 28.3. The summed E-state index contributed by atoms with van der Waals surface area (Å²) in [5, 5.41) is 2.65. The number of aromatic nitrogens is 1. The van der Waals surface area contributed by atoms with E-state index in [4.69, 9.17) is 4.74 Å². The molecule has 0 aliphatic carbocycles. The van der Waals surface area contributed by atoms with Gasteiger partial charge in [-0.1, -0.05) is 55.8 Å². The second kappa shape index (κ2) is 11.6. The van der Waals surface area contributed by atoms with Gasteiger partial charge in [-0.05, 0) is 48.2 Å². The van der Waals surface area contributed by atoms with Crippen LogP contribution in [0.15, 0.2) is 84.0 Å². The van der Waals surface area contributed by atoms with Crippen LogP contribution in [0.5, 0.6) is 5.75 Å². The fourth-order valence-corrected chi connectivity index (χ4v) is 6.94. The van der Waals surface area contributed by atoms with Crippen molar-refractivity contribution in [2.75, 3.05) is 13.1 Å². The van der Waals surface area contributed by atoms with Crippen LogP contribution >= 0.6 is 0 Å². The van der Waals surface area contributed by atoms with Gasteiger partial charge in [-0.2, -0.15) is 4.31 Å². The number of rotatable bonds is 8. The number of carbonyl (C=O) groups is 3. The zero-order valence-corrected chi connectivity index (χ0v) is 22.8. The monoisotopic (exact) mass is 562 g/mol. The predicted octanol–water partition coefficient (Wildman–Crippen LogP) is 3.25. The molecule has 0 spiro atoms. The molecule has 40 heavy (non-hydrogen) atoms. The first kappa shape index (κ1) is 27.5. The van der Waals surface area contributed by atoms with Crippen LogP contribution < -0.4 is 10.1 Å². The molecule has 2 fully saturated rings. The van der Waals surface area contributed by atoms with Gasteiger partial charge in [-0.15, -0.1) is 0 Å². The third kappa shape index (κ3) is 5.47. The van der Waals surface area contributed by atoms with E-state index in [-0.39, 0.29) is 23.8 Å². The van der Waals surface area contributed by atoms with Crippen molar-refractivity contribution in [3.05, 3.63) is 79.1 Å². The van der Waals surface area contributed by atoms with Crippen LogP contribution in [0, 0.1) is 0 Å². The predicted molar refractivity (Wildman–Crippen MR) is 147 cm³/mol. The lowest BCUT2D eigenvalue weighted by Crippen LogP contribution is -2.53. The Bertz CT molecular complexity index is 1480. The summed E-state index contributed by atoms with van der Waals surface area (Å²) in [7, 11) is -3.96. The Morgan fingerprint density at radius 1 is 1.05 bits per heavy atom. The normalized spacial score (nSPS) is 19.7. The van der Waals surface area contributed by atoms with Gasteiger partial charge in [-0.3, -0.25) is 14.6 Å². The lowest BCUT2D eigenvalue weighted by Gasteiger charge is -2.28. The molecule has 1 aromatic heterocycles. The Kier molecular flexibility index (Phi) is 7.95. The summed E-state index contributed by atoms with van der Waals surface area (Å²) >= 11 is 0. The van der Waals surface area contributed by atoms with Crippen LogP contribution in [0.1, 0.15) is 26.2 Å². The molecule has 1 N–H and O–H groups in total. The number of nitrogens with one attached hydrogen (secondary N) is 1. The summed E-state index contributed by atoms with van der Waals surface area (Å²) in [5.41, 5.74) is 2.00. The average Bonchev–Trinajstić information content (AvgIpc) is 3.55. The number of amides is 2. The molecular formula is C29H30N4O6S. The molecule has 0 bridgehead atoms. The lowest BCUT2D eigenvalue weighted by atomic mass is 10.1. The van der Waals surface area contributed by atoms with Crippen LogP contribution in [0.4, 0.5) is 4.79 Å². The van der Waals surface area contributed by atoms with E-state index >= 15 is 0 Å². The lowest BCUT2D eigenvalue weighted by molar-refractivity contribution is -0.138. The van der Waals surface area contributed by atoms with E-state index in [0.717, 1.165) is 11.1 Å². The minimum Gasteiger partial charge on any atom is -0.410 e. The molecule has 2 aliphatic rings. The Labute approximate surface area is 233 Å². The number of fused-ring (bicyclic) bond motifs is 1. The fourth-order valence-electron chi connectivity index (χ4n) is 5.35. The number of Topliss-reactive ketones (excluding diaryl/α,β-unsaturated/α-hetero) is 1. The first-order valence-corrected chi connectivity index (χ1v) is 14.6. The summed E-state index contributed by atoms with van der Waals surface area (Å²) in [4.78, 5) is 44.6. The van der Waals surface area contributed by atoms with Gasteiger partial charge in [0.15, 0.2) is 5.78 Å². The van der Waals surface area contributed by atoms with Crippen molar-refractivity contribution >= 4 is 27.8 Å². The van der Waals surface area contributed by atoms with Gasteiger partial charge in [0.1, 0.15) is 22.7 Å². The molecule has 0 saturated carbocycles. The van der Waals surface area contributed by atoms with Crippen LogP contribution in [0.3, 0.4) is 0 Å². The highest BCUT2D eigenvalue weighted by Crippen LogP contribution is 2.34. The van der Waals surface area contributed by atoms with Gasteiger partial charge < -0.3 is 15.0 Å². The molecule has 2 saturated heterocycles.